The maximum atomic E-state index is 12.5. The smallest absolute Gasteiger partial charge is 0.259 e. The Bertz CT molecular complexity index is 828. The number of rotatable bonds is 7. The summed E-state index contributed by atoms with van der Waals surface area (Å²) in [5.41, 5.74) is 0.853. The Morgan fingerprint density at radius 3 is 2.77 bits per heavy atom. The molecule has 1 N–H and O–H groups in total. The van der Waals surface area contributed by atoms with E-state index < -0.39 is 10.0 Å². The second-order valence-corrected chi connectivity index (χ2v) is 8.46. The Morgan fingerprint density at radius 2 is 2.04 bits per heavy atom. The number of hydrogen-bond acceptors (Lipinski definition) is 6. The van der Waals surface area contributed by atoms with Gasteiger partial charge in [0.05, 0.1) is 19.5 Å². The van der Waals surface area contributed by atoms with Crippen molar-refractivity contribution in [3.63, 3.8) is 0 Å². The Balaban J connectivity index is 1.65. The van der Waals surface area contributed by atoms with Gasteiger partial charge in [-0.25, -0.2) is 23.1 Å². The van der Waals surface area contributed by atoms with Crippen LogP contribution in [0.25, 0.3) is 0 Å². The van der Waals surface area contributed by atoms with E-state index in [4.69, 9.17) is 4.74 Å². The first kappa shape index (κ1) is 18.8. The number of nitrogens with one attached hydrogen (secondary N) is 1. The lowest BCUT2D eigenvalue weighted by Gasteiger charge is -2.28. The quantitative estimate of drug-likeness (QED) is 0.779. The number of sulfonamides is 1. The first-order valence-corrected chi connectivity index (χ1v) is 10.2. The third-order valence-corrected chi connectivity index (χ3v) is 5.36. The summed E-state index contributed by atoms with van der Waals surface area (Å²) in [6.45, 7) is 8.00. The average molecular weight is 379 g/mol. The molecule has 0 bridgehead atoms. The van der Waals surface area contributed by atoms with Crippen molar-refractivity contribution in [2.24, 2.45) is 5.92 Å². The van der Waals surface area contributed by atoms with E-state index in [9.17, 15) is 8.42 Å². The molecule has 1 aliphatic rings. The van der Waals surface area contributed by atoms with Gasteiger partial charge in [-0.05, 0) is 23.6 Å². The molecule has 9 heteroatoms. The van der Waals surface area contributed by atoms with Gasteiger partial charge in [-0.2, -0.15) is 0 Å². The first-order valence-electron chi connectivity index (χ1n) is 8.73. The largest absolute Gasteiger partial charge is 0.378 e. The molecule has 3 rings (SSSR count). The first-order chi connectivity index (χ1) is 12.4. The van der Waals surface area contributed by atoms with Gasteiger partial charge in [0.25, 0.3) is 10.0 Å². The molecule has 0 aromatic carbocycles. The summed E-state index contributed by atoms with van der Waals surface area (Å²) in [5.74, 6) is 1.26. The van der Waals surface area contributed by atoms with Gasteiger partial charge in [-0.15, -0.1) is 0 Å². The monoisotopic (exact) mass is 379 g/mol. The van der Waals surface area contributed by atoms with Crippen molar-refractivity contribution in [1.29, 1.82) is 0 Å². The summed E-state index contributed by atoms with van der Waals surface area (Å²) < 4.78 is 34.7. The Labute approximate surface area is 154 Å². The van der Waals surface area contributed by atoms with E-state index in [1.165, 1.54) is 0 Å². The summed E-state index contributed by atoms with van der Waals surface area (Å²) in [5, 5.41) is 0.0422. The van der Waals surface area contributed by atoms with E-state index in [0.717, 1.165) is 31.0 Å². The lowest BCUT2D eigenvalue weighted by Crippen LogP contribution is -2.36. The molecule has 2 aromatic heterocycles. The van der Waals surface area contributed by atoms with E-state index in [1.807, 2.05) is 12.1 Å². The third kappa shape index (κ3) is 4.80. The molecule has 0 unspecified atom stereocenters. The van der Waals surface area contributed by atoms with Crippen LogP contribution in [0.5, 0.6) is 0 Å². The van der Waals surface area contributed by atoms with Crippen molar-refractivity contribution in [2.75, 3.05) is 31.2 Å². The fourth-order valence-corrected chi connectivity index (χ4v) is 3.75. The molecule has 26 heavy (non-hydrogen) atoms. The molecule has 1 aliphatic heterocycles. The number of imidazole rings is 1. The molecule has 0 spiro atoms. The van der Waals surface area contributed by atoms with E-state index in [0.29, 0.717) is 19.1 Å². The second-order valence-electron chi connectivity index (χ2n) is 6.75. The highest BCUT2D eigenvalue weighted by atomic mass is 32.2. The van der Waals surface area contributed by atoms with Gasteiger partial charge in [0.1, 0.15) is 5.82 Å². The molecule has 0 atom stereocenters. The van der Waals surface area contributed by atoms with Crippen LogP contribution in [0, 0.1) is 5.92 Å². The van der Waals surface area contributed by atoms with Crippen molar-refractivity contribution < 1.29 is 13.2 Å². The molecular weight excluding hydrogens is 354 g/mol. The summed E-state index contributed by atoms with van der Waals surface area (Å²) in [7, 11) is -3.65. The van der Waals surface area contributed by atoms with E-state index in [-0.39, 0.29) is 11.6 Å². The van der Waals surface area contributed by atoms with Gasteiger partial charge in [-0.3, -0.25) is 0 Å². The van der Waals surface area contributed by atoms with Crippen LogP contribution >= 0.6 is 0 Å². The van der Waals surface area contributed by atoms with Gasteiger partial charge in [0.15, 0.2) is 5.03 Å². The summed E-state index contributed by atoms with van der Waals surface area (Å²) in [4.78, 5) is 10.5. The highest BCUT2D eigenvalue weighted by Gasteiger charge is 2.18. The highest BCUT2D eigenvalue weighted by molar-refractivity contribution is 7.89. The highest BCUT2D eigenvalue weighted by Crippen LogP contribution is 2.15. The van der Waals surface area contributed by atoms with Crippen LogP contribution in [0.1, 0.15) is 19.4 Å². The molecule has 1 fully saturated rings. The fraction of sp³-hybridized carbons (Fsp3) is 0.529. The van der Waals surface area contributed by atoms with Gasteiger partial charge in [0, 0.05) is 38.6 Å². The molecule has 0 aliphatic carbocycles. The Hall–Kier alpha value is -1.97. The van der Waals surface area contributed by atoms with Crippen molar-refractivity contribution in [3.8, 4) is 0 Å². The molecule has 2 aromatic rings. The minimum absolute atomic E-state index is 0.0422. The zero-order chi connectivity index (χ0) is 18.6. The molecule has 1 saturated heterocycles. The maximum Gasteiger partial charge on any atom is 0.259 e. The molecular formula is C17H25N5O3S. The van der Waals surface area contributed by atoms with Crippen molar-refractivity contribution in [1.82, 2.24) is 19.3 Å². The molecule has 0 saturated carbocycles. The fourth-order valence-electron chi connectivity index (χ4n) is 2.79. The number of hydrogen-bond donors (Lipinski definition) is 1. The van der Waals surface area contributed by atoms with Gasteiger partial charge < -0.3 is 14.2 Å². The van der Waals surface area contributed by atoms with E-state index in [2.05, 4.69) is 33.4 Å². The van der Waals surface area contributed by atoms with Crippen LogP contribution < -0.4 is 9.62 Å². The number of nitrogens with zero attached hydrogens (tertiary/aromatic N) is 4. The normalized spacial score (nSPS) is 15.6. The number of morpholine rings is 1. The zero-order valence-electron chi connectivity index (χ0n) is 15.1. The van der Waals surface area contributed by atoms with Crippen LogP contribution in [0.3, 0.4) is 0 Å². The minimum atomic E-state index is -3.65. The van der Waals surface area contributed by atoms with Gasteiger partial charge >= 0.3 is 0 Å². The topological polar surface area (TPSA) is 89.3 Å². The van der Waals surface area contributed by atoms with Gasteiger partial charge in [0.2, 0.25) is 0 Å². The Morgan fingerprint density at radius 1 is 1.27 bits per heavy atom. The van der Waals surface area contributed by atoms with Crippen LogP contribution in [0.15, 0.2) is 35.9 Å². The predicted octanol–water partition coefficient (Wildman–Crippen LogP) is 1.25. The number of pyridine rings is 1. The molecule has 142 valence electrons. The number of anilines is 1. The molecule has 8 nitrogen and oxygen atoms in total. The van der Waals surface area contributed by atoms with Crippen LogP contribution in [0.2, 0.25) is 0 Å². The molecule has 3 heterocycles. The van der Waals surface area contributed by atoms with Crippen molar-refractivity contribution >= 4 is 15.8 Å². The number of aromatic nitrogens is 3. The molecule has 0 amide bonds. The summed E-state index contributed by atoms with van der Waals surface area (Å²) >= 11 is 0. The second kappa shape index (κ2) is 8.15. The van der Waals surface area contributed by atoms with Crippen molar-refractivity contribution in [3.05, 3.63) is 36.4 Å². The zero-order valence-corrected chi connectivity index (χ0v) is 15.9. The standard InChI is InChI=1S/C17H25N5O3S/c1-14(2)11-21-12-17(19-13-21)26(23,24)20-10-15-3-4-18-16(9-15)22-5-7-25-8-6-22/h3-4,9,12-14,20H,5-8,10-11H2,1-2H3. The Kier molecular flexibility index (Phi) is 5.90. The summed E-state index contributed by atoms with van der Waals surface area (Å²) in [6.07, 6.45) is 4.82. The van der Waals surface area contributed by atoms with Crippen LogP contribution in [-0.4, -0.2) is 49.3 Å². The molecule has 0 radical (unpaired) electrons. The SMILES string of the molecule is CC(C)Cn1cnc(S(=O)(=O)NCc2ccnc(N3CCOCC3)c2)c1. The predicted molar refractivity (Wildman–Crippen MR) is 98.4 cm³/mol. The third-order valence-electron chi connectivity index (χ3n) is 4.07. The lowest BCUT2D eigenvalue weighted by molar-refractivity contribution is 0.122. The minimum Gasteiger partial charge on any atom is -0.378 e. The van der Waals surface area contributed by atoms with E-state index >= 15 is 0 Å². The van der Waals surface area contributed by atoms with Gasteiger partial charge in [-0.1, -0.05) is 13.8 Å². The van der Waals surface area contributed by atoms with Crippen LogP contribution in [-0.2, 0) is 27.8 Å². The van der Waals surface area contributed by atoms with E-state index in [1.54, 1.807) is 23.3 Å². The van der Waals surface area contributed by atoms with Crippen LogP contribution in [0.4, 0.5) is 5.82 Å². The summed E-state index contributed by atoms with van der Waals surface area (Å²) in [6, 6.07) is 3.72. The maximum absolute atomic E-state index is 12.5. The van der Waals surface area contributed by atoms with Crippen molar-refractivity contribution in [2.45, 2.75) is 32.0 Å². The number of ether oxygens (including phenoxy) is 1. The lowest BCUT2D eigenvalue weighted by atomic mass is 10.2. The average Bonchev–Trinajstić information content (AvgIpc) is 3.10.